The summed E-state index contributed by atoms with van der Waals surface area (Å²) >= 11 is 0. The summed E-state index contributed by atoms with van der Waals surface area (Å²) in [6.07, 6.45) is -15.3. The normalized spacial score (nSPS) is 26.6. The van der Waals surface area contributed by atoms with Crippen LogP contribution in [0.15, 0.2) is 101 Å². The molecule has 27 heteroatoms. The van der Waals surface area contributed by atoms with Crippen LogP contribution in [0.5, 0.6) is 0 Å². The maximum Gasteiger partial charge on any atom is 0.380 e. The van der Waals surface area contributed by atoms with E-state index >= 15 is 0 Å². The lowest BCUT2D eigenvalue weighted by Gasteiger charge is -2.51. The summed E-state index contributed by atoms with van der Waals surface area (Å²) in [5.74, 6) is -6.44. The van der Waals surface area contributed by atoms with Crippen LogP contribution in [0, 0.1) is 0 Å². The summed E-state index contributed by atoms with van der Waals surface area (Å²) in [5, 5.41) is 7.78. The number of unbranched alkanes of at least 4 members (excludes halogenated alkanes) is 4. The Kier molecular flexibility index (Phi) is 29.5. The Morgan fingerprint density at radius 2 is 0.956 bits per heavy atom. The molecule has 0 amide bonds. The number of methoxy groups -OCH3 is 1. The maximum absolute atomic E-state index is 14.7. The number of carbonyl (C=O) groups is 6. The minimum atomic E-state index is -2.95. The van der Waals surface area contributed by atoms with Gasteiger partial charge in [-0.25, -0.2) is 19.2 Å². The van der Waals surface area contributed by atoms with Gasteiger partial charge in [0.1, 0.15) is 74.1 Å². The molecular formula is C64H88N6O20Si. The van der Waals surface area contributed by atoms with Gasteiger partial charge in [0, 0.05) is 47.4 Å². The highest BCUT2D eigenvalue weighted by atomic mass is 28.4. The second-order valence-corrected chi connectivity index (χ2v) is 28.3. The van der Waals surface area contributed by atoms with E-state index in [4.69, 9.17) is 66.0 Å². The van der Waals surface area contributed by atoms with Gasteiger partial charge < -0.3 is 66.0 Å². The third-order valence-corrected chi connectivity index (χ3v) is 20.4. The fraction of sp³-hybridized carbons (Fsp3) is 0.625. The van der Waals surface area contributed by atoms with Gasteiger partial charge in [-0.3, -0.25) is 9.59 Å². The van der Waals surface area contributed by atoms with E-state index in [0.717, 1.165) is 13.5 Å². The predicted octanol–water partition coefficient (Wildman–Crippen LogP) is 10.3. The summed E-state index contributed by atoms with van der Waals surface area (Å²) in [5.41, 5.74) is 20.9. The number of benzene rings is 3. The van der Waals surface area contributed by atoms with Crippen molar-refractivity contribution in [1.82, 2.24) is 0 Å². The SMILES string of the molecule is CCCCO[C@@H]1C(COC(=O)C(=O)c2ccccc2)O[C@@H](OC2C(C(=O)OC)OC(O[C@@H]3C(COC(=O)c4ccccc4)OC(O[Si](C)(C)C(C)(C)C)[C@@H](N=[N+]=[N-])[C@H]3OC(=O)C(=O)c3ccccc3)[C@@H](OCCCC)[C@H]2OCCCC)C(N=[N+]=[N-])[C@H]1OCCCC. The van der Waals surface area contributed by atoms with Crippen LogP contribution in [0.3, 0.4) is 0 Å². The van der Waals surface area contributed by atoms with Gasteiger partial charge in [0.2, 0.25) is 0 Å². The number of ketones is 2. The number of carbonyl (C=O) groups excluding carboxylic acids is 6. The standard InChI is InChI=1S/C64H88N6O20Si/c1-11-15-34-78-49-43(38-83-58(74)47(71)40-28-22-19-23-29-40)84-61(45(67-69-65)51(49)79-35-16-12-2)88-54-53(80-36-17-13-3)56(81-37-18-14-4)63(89-55(54)60(76)77-8)87-50-44(39-82-57(73)42-32-26-21-27-33-42)85-62(90-91(9,10)64(5,6)7)46(68-70-66)52(50)86-59(75)48(72)41-30-24-20-25-31-41/h19-33,43-46,49-56,61-63H,11-18,34-39H2,1-10H3/t43?,44?,45?,46-,49+,50+,51+,52+,53-,54?,55?,56-,61-,62?,63?/m0/s1. The van der Waals surface area contributed by atoms with Crippen LogP contribution in [-0.2, 0) is 80.4 Å². The minimum Gasteiger partial charge on any atom is -0.467 e. The Bertz CT molecular complexity index is 2900. The molecule has 0 aliphatic carbocycles. The molecule has 3 aromatic carbocycles. The second-order valence-electron chi connectivity index (χ2n) is 23.6. The third-order valence-electron chi connectivity index (χ3n) is 16.0. The molecule has 0 radical (unpaired) electrons. The Morgan fingerprint density at radius 3 is 1.46 bits per heavy atom. The fourth-order valence-electron chi connectivity index (χ4n) is 9.92. The number of nitrogens with zero attached hydrogens (tertiary/aromatic N) is 6. The van der Waals surface area contributed by atoms with Gasteiger partial charge in [-0.15, -0.1) is 0 Å². The monoisotopic (exact) mass is 1290 g/mol. The fourth-order valence-corrected chi connectivity index (χ4v) is 11.0. The van der Waals surface area contributed by atoms with Crippen LogP contribution in [-0.4, -0.2) is 183 Å². The Morgan fingerprint density at radius 1 is 0.516 bits per heavy atom. The van der Waals surface area contributed by atoms with Crippen LogP contribution < -0.4 is 0 Å². The minimum absolute atomic E-state index is 0.0151. The second kappa shape index (κ2) is 36.5. The smallest absolute Gasteiger partial charge is 0.380 e. The molecule has 15 atom stereocenters. The number of ether oxygens (including phenoxy) is 13. The molecule has 3 fully saturated rings. The van der Waals surface area contributed by atoms with E-state index in [1.165, 1.54) is 36.4 Å². The number of azide groups is 2. The summed E-state index contributed by atoms with van der Waals surface area (Å²) in [7, 11) is -1.85. The Labute approximate surface area is 532 Å². The summed E-state index contributed by atoms with van der Waals surface area (Å²) in [4.78, 5) is 90.2. The van der Waals surface area contributed by atoms with Crippen molar-refractivity contribution in [1.29, 1.82) is 0 Å². The van der Waals surface area contributed by atoms with E-state index in [0.29, 0.717) is 44.9 Å². The predicted molar refractivity (Wildman–Crippen MR) is 330 cm³/mol. The average Bonchev–Trinajstić information content (AvgIpc) is 0.827. The van der Waals surface area contributed by atoms with Gasteiger partial charge in [0.15, 0.2) is 33.3 Å². The topological polar surface area (TPSA) is 329 Å². The summed E-state index contributed by atoms with van der Waals surface area (Å²) < 4.78 is 90.7. The first-order valence-electron chi connectivity index (χ1n) is 31.1. The summed E-state index contributed by atoms with van der Waals surface area (Å²) in [6, 6.07) is 20.5. The van der Waals surface area contributed by atoms with E-state index in [1.807, 2.05) is 61.6 Å². The molecule has 7 unspecified atom stereocenters. The molecule has 91 heavy (non-hydrogen) atoms. The molecule has 0 N–H and O–H groups in total. The highest BCUT2D eigenvalue weighted by molar-refractivity contribution is 6.74. The largest absolute Gasteiger partial charge is 0.467 e. The van der Waals surface area contributed by atoms with Gasteiger partial charge >= 0.3 is 23.9 Å². The lowest BCUT2D eigenvalue weighted by atomic mass is 9.94. The highest BCUT2D eigenvalue weighted by Crippen LogP contribution is 2.42. The zero-order valence-electron chi connectivity index (χ0n) is 53.6. The number of hydrogen-bond acceptors (Lipinski definition) is 22. The van der Waals surface area contributed by atoms with E-state index < -0.39 is 154 Å². The lowest BCUT2D eigenvalue weighted by Crippen LogP contribution is -2.68. The van der Waals surface area contributed by atoms with Crippen LogP contribution in [0.1, 0.15) is 131 Å². The van der Waals surface area contributed by atoms with E-state index in [9.17, 15) is 39.8 Å². The maximum atomic E-state index is 14.7. The number of esters is 4. The molecule has 0 spiro atoms. The number of hydrogen-bond donors (Lipinski definition) is 0. The average molecular weight is 1290 g/mol. The molecule has 0 bridgehead atoms. The molecule has 3 heterocycles. The van der Waals surface area contributed by atoms with Crippen molar-refractivity contribution in [2.75, 3.05) is 46.8 Å². The zero-order valence-corrected chi connectivity index (χ0v) is 54.6. The van der Waals surface area contributed by atoms with Gasteiger partial charge in [-0.05, 0) is 67.0 Å². The van der Waals surface area contributed by atoms with Crippen molar-refractivity contribution < 1.29 is 94.8 Å². The third kappa shape index (κ3) is 20.2. The van der Waals surface area contributed by atoms with Crippen molar-refractivity contribution in [3.05, 3.63) is 129 Å². The van der Waals surface area contributed by atoms with Gasteiger partial charge in [0.05, 0.1) is 18.8 Å². The highest BCUT2D eigenvalue weighted by Gasteiger charge is 2.59. The number of Topliss-reactive ketones (excluding diaryl/α,β-unsaturated/α-hetero) is 2. The molecule has 3 aliphatic rings. The Hall–Kier alpha value is -6.68. The number of rotatable bonds is 35. The van der Waals surface area contributed by atoms with Crippen molar-refractivity contribution in [2.24, 2.45) is 10.2 Å². The van der Waals surface area contributed by atoms with E-state index in [1.54, 1.807) is 54.6 Å². The summed E-state index contributed by atoms with van der Waals surface area (Å²) in [6.45, 7) is 16.6. The molecule has 26 nitrogen and oxygen atoms in total. The quantitative estimate of drug-likeness (QED) is 0.00608. The molecule has 0 saturated carbocycles. The van der Waals surface area contributed by atoms with Crippen molar-refractivity contribution in [3.63, 3.8) is 0 Å². The molecule has 3 aliphatic heterocycles. The first-order valence-corrected chi connectivity index (χ1v) is 34.0. The Balaban J connectivity index is 1.51. The first kappa shape index (κ1) is 73.4. The van der Waals surface area contributed by atoms with Crippen molar-refractivity contribution in [2.45, 2.75) is 210 Å². The zero-order chi connectivity index (χ0) is 66.1. The van der Waals surface area contributed by atoms with Crippen LogP contribution in [0.4, 0.5) is 0 Å². The molecule has 498 valence electrons. The van der Waals surface area contributed by atoms with Crippen LogP contribution in [0.25, 0.3) is 20.9 Å². The molecular weight excluding hydrogens is 1200 g/mol. The molecule has 6 rings (SSSR count). The van der Waals surface area contributed by atoms with E-state index in [-0.39, 0.29) is 43.1 Å². The molecule has 3 aromatic rings. The van der Waals surface area contributed by atoms with Crippen molar-refractivity contribution >= 4 is 43.8 Å². The lowest BCUT2D eigenvalue weighted by molar-refractivity contribution is -0.368. The van der Waals surface area contributed by atoms with Crippen LogP contribution >= 0.6 is 0 Å². The first-order chi connectivity index (χ1) is 43.8. The van der Waals surface area contributed by atoms with Gasteiger partial charge in [-0.1, -0.05) is 163 Å². The molecule has 3 saturated heterocycles. The van der Waals surface area contributed by atoms with Gasteiger partial charge in [0.25, 0.3) is 11.6 Å². The van der Waals surface area contributed by atoms with Gasteiger partial charge in [-0.2, -0.15) is 0 Å². The van der Waals surface area contributed by atoms with Crippen molar-refractivity contribution in [3.8, 4) is 0 Å². The van der Waals surface area contributed by atoms with E-state index in [2.05, 4.69) is 20.1 Å². The van der Waals surface area contributed by atoms with Crippen LogP contribution in [0.2, 0.25) is 18.1 Å². The molecule has 0 aromatic heterocycles.